The minimum atomic E-state index is -0.760. The Balaban J connectivity index is 1.92. The topological polar surface area (TPSA) is 90.2 Å². The van der Waals surface area contributed by atoms with Crippen LogP contribution in [0.5, 0.6) is 5.88 Å². The van der Waals surface area contributed by atoms with E-state index in [1.54, 1.807) is 0 Å². The Morgan fingerprint density at radius 3 is 2.68 bits per heavy atom. The maximum absolute atomic E-state index is 13.8. The molecule has 25 heavy (non-hydrogen) atoms. The number of ether oxygens (including phenoxy) is 1. The lowest BCUT2D eigenvalue weighted by Crippen LogP contribution is -2.21. The van der Waals surface area contributed by atoms with Gasteiger partial charge in [-0.2, -0.15) is 4.98 Å². The lowest BCUT2D eigenvalue weighted by molar-refractivity contribution is -0.385. The summed E-state index contributed by atoms with van der Waals surface area (Å²) >= 11 is 0. The predicted molar refractivity (Wildman–Crippen MR) is 85.8 cm³/mol. The third kappa shape index (κ3) is 3.98. The van der Waals surface area contributed by atoms with Crippen molar-refractivity contribution >= 4 is 17.2 Å². The molecular weight excluding hydrogens is 334 g/mol. The van der Waals surface area contributed by atoms with Gasteiger partial charge in [0.2, 0.25) is 5.82 Å². The highest BCUT2D eigenvalue weighted by molar-refractivity contribution is 5.68. The highest BCUT2D eigenvalue weighted by Crippen LogP contribution is 2.35. The molecule has 0 unspecified atom stereocenters. The number of nitrogens with zero attached hydrogens (tertiary/aromatic N) is 3. The molecule has 1 fully saturated rings. The van der Waals surface area contributed by atoms with E-state index in [1.807, 2.05) is 0 Å². The maximum Gasteiger partial charge on any atom is 0.373 e. The number of anilines is 2. The van der Waals surface area contributed by atoms with Crippen molar-refractivity contribution in [2.45, 2.75) is 38.2 Å². The summed E-state index contributed by atoms with van der Waals surface area (Å²) in [7, 11) is 0. The van der Waals surface area contributed by atoms with E-state index < -0.39 is 22.2 Å². The fourth-order valence-electron chi connectivity index (χ4n) is 2.77. The summed E-state index contributed by atoms with van der Waals surface area (Å²) < 4.78 is 32.8. The van der Waals surface area contributed by atoms with Crippen molar-refractivity contribution in [2.24, 2.45) is 0 Å². The van der Waals surface area contributed by atoms with Gasteiger partial charge in [-0.1, -0.05) is 6.42 Å². The van der Waals surface area contributed by atoms with Gasteiger partial charge in [-0.15, -0.1) is 0 Å². The summed E-state index contributed by atoms with van der Waals surface area (Å²) in [6, 6.07) is 2.76. The second-order valence-electron chi connectivity index (χ2n) is 5.76. The Morgan fingerprint density at radius 2 is 1.96 bits per heavy atom. The van der Waals surface area contributed by atoms with E-state index in [1.165, 1.54) is 0 Å². The molecule has 0 amide bonds. The Morgan fingerprint density at radius 1 is 1.20 bits per heavy atom. The molecule has 1 aliphatic carbocycles. The Bertz CT molecular complexity index is 782. The van der Waals surface area contributed by atoms with Gasteiger partial charge < -0.3 is 10.1 Å². The van der Waals surface area contributed by atoms with Crippen LogP contribution in [0.4, 0.5) is 26.0 Å². The largest absolute Gasteiger partial charge is 0.469 e. The third-order valence-corrected chi connectivity index (χ3v) is 3.98. The molecule has 1 heterocycles. The second kappa shape index (κ2) is 7.37. The molecule has 0 aliphatic heterocycles. The van der Waals surface area contributed by atoms with Crippen LogP contribution >= 0.6 is 0 Å². The van der Waals surface area contributed by atoms with Crippen LogP contribution in [0, 0.1) is 21.7 Å². The smallest absolute Gasteiger partial charge is 0.373 e. The van der Waals surface area contributed by atoms with Gasteiger partial charge in [0.25, 0.3) is 5.88 Å². The number of hydrogen-bond acceptors (Lipinski definition) is 6. The SMILES string of the molecule is O=[N+]([O-])c1c(Nc2cc(F)ccc2F)ncnc1OC1CCCCC1. The van der Waals surface area contributed by atoms with Crippen LogP contribution in [0.15, 0.2) is 24.5 Å². The van der Waals surface area contributed by atoms with Gasteiger partial charge in [0.15, 0.2) is 0 Å². The van der Waals surface area contributed by atoms with E-state index >= 15 is 0 Å². The molecule has 0 saturated heterocycles. The van der Waals surface area contributed by atoms with Crippen molar-refractivity contribution in [1.29, 1.82) is 0 Å². The van der Waals surface area contributed by atoms with Crippen LogP contribution in [-0.2, 0) is 0 Å². The van der Waals surface area contributed by atoms with Crippen LogP contribution in [0.3, 0.4) is 0 Å². The predicted octanol–water partition coefficient (Wildman–Crippen LogP) is 4.12. The van der Waals surface area contributed by atoms with E-state index in [0.29, 0.717) is 0 Å². The van der Waals surface area contributed by atoms with Gasteiger partial charge in [0, 0.05) is 6.07 Å². The zero-order valence-electron chi connectivity index (χ0n) is 13.2. The average molecular weight is 350 g/mol. The molecule has 1 aliphatic rings. The lowest BCUT2D eigenvalue weighted by atomic mass is 9.98. The minimum absolute atomic E-state index is 0.152. The first-order chi connectivity index (χ1) is 12.0. The van der Waals surface area contributed by atoms with Crippen LogP contribution in [-0.4, -0.2) is 21.0 Å². The van der Waals surface area contributed by atoms with Gasteiger partial charge in [0.05, 0.1) is 10.6 Å². The van der Waals surface area contributed by atoms with E-state index in [9.17, 15) is 18.9 Å². The van der Waals surface area contributed by atoms with E-state index in [0.717, 1.165) is 56.6 Å². The van der Waals surface area contributed by atoms with Gasteiger partial charge in [-0.3, -0.25) is 10.1 Å². The molecule has 9 heteroatoms. The lowest BCUT2D eigenvalue weighted by Gasteiger charge is -2.22. The number of halogens is 2. The average Bonchev–Trinajstić information content (AvgIpc) is 2.59. The second-order valence-corrected chi connectivity index (χ2v) is 5.76. The van der Waals surface area contributed by atoms with Crippen LogP contribution in [0.25, 0.3) is 0 Å². The molecule has 132 valence electrons. The first-order valence-corrected chi connectivity index (χ1v) is 7.92. The summed E-state index contributed by atoms with van der Waals surface area (Å²) in [5, 5.41) is 13.9. The van der Waals surface area contributed by atoms with Gasteiger partial charge >= 0.3 is 5.69 Å². The molecule has 1 saturated carbocycles. The van der Waals surface area contributed by atoms with Crippen LogP contribution in [0.2, 0.25) is 0 Å². The number of rotatable bonds is 5. The summed E-state index contributed by atoms with van der Waals surface area (Å²) in [6.07, 6.45) is 5.61. The van der Waals surface area contributed by atoms with E-state index in [2.05, 4.69) is 15.3 Å². The first kappa shape index (κ1) is 17.0. The van der Waals surface area contributed by atoms with Crippen molar-refractivity contribution in [2.75, 3.05) is 5.32 Å². The Labute approximate surface area is 142 Å². The highest BCUT2D eigenvalue weighted by Gasteiger charge is 2.28. The zero-order valence-corrected chi connectivity index (χ0v) is 13.2. The van der Waals surface area contributed by atoms with E-state index in [4.69, 9.17) is 4.74 Å². The van der Waals surface area contributed by atoms with Crippen molar-refractivity contribution in [1.82, 2.24) is 9.97 Å². The molecule has 0 spiro atoms. The Kier molecular flexibility index (Phi) is 5.01. The van der Waals surface area contributed by atoms with Gasteiger partial charge in [-0.05, 0) is 37.8 Å². The minimum Gasteiger partial charge on any atom is -0.469 e. The summed E-state index contributed by atoms with van der Waals surface area (Å²) in [4.78, 5) is 18.4. The first-order valence-electron chi connectivity index (χ1n) is 7.92. The Hall–Kier alpha value is -2.84. The molecule has 2 aromatic rings. The molecule has 1 N–H and O–H groups in total. The fourth-order valence-corrected chi connectivity index (χ4v) is 2.77. The normalized spacial score (nSPS) is 15.0. The number of benzene rings is 1. The quantitative estimate of drug-likeness (QED) is 0.644. The molecule has 0 bridgehead atoms. The third-order valence-electron chi connectivity index (χ3n) is 3.98. The molecule has 0 radical (unpaired) electrons. The number of nitrogens with one attached hydrogen (secondary N) is 1. The highest BCUT2D eigenvalue weighted by atomic mass is 19.1. The fraction of sp³-hybridized carbons (Fsp3) is 0.375. The van der Waals surface area contributed by atoms with Crippen molar-refractivity contribution in [3.05, 3.63) is 46.3 Å². The molecule has 0 atom stereocenters. The zero-order chi connectivity index (χ0) is 17.8. The van der Waals surface area contributed by atoms with Crippen molar-refractivity contribution in [3.8, 4) is 5.88 Å². The van der Waals surface area contributed by atoms with Crippen LogP contribution in [0.1, 0.15) is 32.1 Å². The van der Waals surface area contributed by atoms with E-state index in [-0.39, 0.29) is 23.5 Å². The van der Waals surface area contributed by atoms with Crippen molar-refractivity contribution in [3.63, 3.8) is 0 Å². The monoisotopic (exact) mass is 350 g/mol. The van der Waals surface area contributed by atoms with Gasteiger partial charge in [-0.25, -0.2) is 13.8 Å². The number of nitro groups is 1. The number of aromatic nitrogens is 2. The standard InChI is InChI=1S/C16H16F2N4O3/c17-10-6-7-12(18)13(8-10)21-15-14(22(23)24)16(20-9-19-15)25-11-4-2-1-3-5-11/h6-9,11H,1-5H2,(H,19,20,21). The summed E-state index contributed by atoms with van der Waals surface area (Å²) in [5.74, 6) is -1.87. The molecule has 1 aromatic heterocycles. The molecule has 3 rings (SSSR count). The summed E-state index contributed by atoms with van der Waals surface area (Å²) in [5.41, 5.74) is -0.762. The molecule has 1 aromatic carbocycles. The van der Waals surface area contributed by atoms with Crippen LogP contribution < -0.4 is 10.1 Å². The maximum atomic E-state index is 13.8. The van der Waals surface area contributed by atoms with Crippen molar-refractivity contribution < 1.29 is 18.4 Å². The van der Waals surface area contributed by atoms with Gasteiger partial charge in [0.1, 0.15) is 24.1 Å². The number of hydrogen-bond donors (Lipinski definition) is 1. The molecular formula is C16H16F2N4O3. The molecule has 7 nitrogen and oxygen atoms in total. The summed E-state index contributed by atoms with van der Waals surface area (Å²) in [6.45, 7) is 0.